The molecule has 1 aliphatic rings. The zero-order chi connectivity index (χ0) is 30.8. The molecule has 224 valence electrons. The number of rotatable bonds is 8. The molecule has 0 spiro atoms. The second-order valence-corrected chi connectivity index (χ2v) is 12.6. The number of carboxylic acid groups (broad SMARTS) is 1. The van der Waals surface area contributed by atoms with Crippen LogP contribution in [0, 0.1) is 5.92 Å². The van der Waals surface area contributed by atoms with Gasteiger partial charge in [0.1, 0.15) is 5.01 Å². The lowest BCUT2D eigenvalue weighted by atomic mass is 9.94. The van der Waals surface area contributed by atoms with Gasteiger partial charge in [-0.05, 0) is 60.9 Å². The summed E-state index contributed by atoms with van der Waals surface area (Å²) in [5, 5.41) is 12.7. The Balaban J connectivity index is 1.78. The van der Waals surface area contributed by atoms with Gasteiger partial charge in [-0.15, -0.1) is 11.3 Å². The Morgan fingerprint density at radius 3 is 2.37 bits per heavy atom. The van der Waals surface area contributed by atoms with Crippen LogP contribution >= 0.6 is 22.9 Å². The van der Waals surface area contributed by atoms with Crippen LogP contribution in [-0.2, 0) is 17.6 Å². The van der Waals surface area contributed by atoms with Crippen molar-refractivity contribution in [2.24, 2.45) is 5.92 Å². The van der Waals surface area contributed by atoms with E-state index >= 15 is 0 Å². The van der Waals surface area contributed by atoms with E-state index in [1.807, 2.05) is 49.6 Å². The summed E-state index contributed by atoms with van der Waals surface area (Å²) in [7, 11) is 0. The molecule has 2 aromatic heterocycles. The highest BCUT2D eigenvalue weighted by atomic mass is 35.5. The van der Waals surface area contributed by atoms with Crippen LogP contribution in [-0.4, -0.2) is 44.5 Å². The predicted octanol–water partition coefficient (Wildman–Crippen LogP) is 7.47. The molecule has 5 rings (SSSR count). The first-order valence-corrected chi connectivity index (χ1v) is 16.0. The zero-order valence-corrected chi connectivity index (χ0v) is 26.5. The highest BCUT2D eigenvalue weighted by molar-refractivity contribution is 7.13. The zero-order valence-electron chi connectivity index (χ0n) is 24.9. The molecule has 1 unspecified atom stereocenters. The molecule has 0 bridgehead atoms. The molecule has 1 fully saturated rings. The quantitative estimate of drug-likeness (QED) is 0.221. The minimum atomic E-state index is -0.894. The van der Waals surface area contributed by atoms with Gasteiger partial charge in [0, 0.05) is 34.7 Å². The molecule has 1 atom stereocenters. The molecular weight excluding hydrogens is 582 g/mol. The maximum Gasteiger partial charge on any atom is 0.308 e. The molecule has 1 N–H and O–H groups in total. The molecule has 43 heavy (non-hydrogen) atoms. The highest BCUT2D eigenvalue weighted by Crippen LogP contribution is 2.34. The van der Waals surface area contributed by atoms with E-state index in [9.17, 15) is 19.5 Å². The number of benzene rings is 2. The number of thiazole rings is 1. The van der Waals surface area contributed by atoms with Gasteiger partial charge in [-0.1, -0.05) is 69.6 Å². The van der Waals surface area contributed by atoms with Gasteiger partial charge >= 0.3 is 5.97 Å². The number of hydrogen-bond acceptors (Lipinski definition) is 5. The fourth-order valence-electron chi connectivity index (χ4n) is 5.93. The van der Waals surface area contributed by atoms with Crippen molar-refractivity contribution in [3.05, 3.63) is 91.7 Å². The standard InChI is InChI=1S/C34H36ClN3O4S/c1-5-21-9-7-10-22(6-2)30(21)38-29(20(3)4)26(32(39)37-16-8-11-24(18-37)34(41)42)17-27(33(38)40)31-36-28(19-43-31)23-12-14-25(35)15-13-23/h7,9-10,12-15,17,19-20,24H,5-6,8,11,16,18H2,1-4H3,(H,41,42). The van der Waals surface area contributed by atoms with Crippen LogP contribution in [0.3, 0.4) is 0 Å². The molecule has 1 aliphatic heterocycles. The lowest BCUT2D eigenvalue weighted by Gasteiger charge is -2.32. The Labute approximate surface area is 260 Å². The number of amides is 1. The summed E-state index contributed by atoms with van der Waals surface area (Å²) in [5.74, 6) is -1.93. The van der Waals surface area contributed by atoms with Crippen molar-refractivity contribution >= 4 is 34.8 Å². The summed E-state index contributed by atoms with van der Waals surface area (Å²) in [6.07, 6.45) is 2.58. The van der Waals surface area contributed by atoms with Gasteiger partial charge in [-0.25, -0.2) is 4.98 Å². The Kier molecular flexibility index (Phi) is 9.18. The molecule has 1 amide bonds. The summed E-state index contributed by atoms with van der Waals surface area (Å²) >= 11 is 7.45. The number of halogens is 1. The maximum atomic E-state index is 14.6. The number of aliphatic carboxylic acids is 1. The first kappa shape index (κ1) is 30.7. The Morgan fingerprint density at radius 2 is 1.77 bits per heavy atom. The Bertz CT molecular complexity index is 1700. The number of aromatic nitrogens is 2. The number of carbonyl (C=O) groups excluding carboxylic acids is 1. The lowest BCUT2D eigenvalue weighted by molar-refractivity contribution is -0.143. The second-order valence-electron chi connectivity index (χ2n) is 11.3. The van der Waals surface area contributed by atoms with E-state index in [0.29, 0.717) is 64.8 Å². The first-order valence-electron chi connectivity index (χ1n) is 14.8. The van der Waals surface area contributed by atoms with Crippen LogP contribution in [0.15, 0.2) is 58.7 Å². The van der Waals surface area contributed by atoms with Crippen molar-refractivity contribution in [3.63, 3.8) is 0 Å². The van der Waals surface area contributed by atoms with E-state index in [4.69, 9.17) is 16.6 Å². The van der Waals surface area contributed by atoms with Crippen molar-refractivity contribution in [2.45, 2.75) is 59.3 Å². The summed E-state index contributed by atoms with van der Waals surface area (Å²) in [4.78, 5) is 47.3. The van der Waals surface area contributed by atoms with Gasteiger partial charge in [0.25, 0.3) is 11.5 Å². The number of carbonyl (C=O) groups is 2. The van der Waals surface area contributed by atoms with Crippen LogP contribution in [0.5, 0.6) is 0 Å². The highest BCUT2D eigenvalue weighted by Gasteiger charge is 2.33. The van der Waals surface area contributed by atoms with Gasteiger partial charge in [-0.3, -0.25) is 19.0 Å². The normalized spacial score (nSPS) is 15.2. The molecule has 0 saturated carbocycles. The van der Waals surface area contributed by atoms with E-state index in [1.54, 1.807) is 27.7 Å². The fourth-order valence-corrected chi connectivity index (χ4v) is 6.89. The minimum absolute atomic E-state index is 0.143. The van der Waals surface area contributed by atoms with Gasteiger partial charge < -0.3 is 10.0 Å². The van der Waals surface area contributed by atoms with Gasteiger partial charge in [0.05, 0.1) is 28.4 Å². The van der Waals surface area contributed by atoms with Crippen molar-refractivity contribution < 1.29 is 14.7 Å². The molecule has 0 radical (unpaired) electrons. The van der Waals surface area contributed by atoms with Gasteiger partial charge in [-0.2, -0.15) is 0 Å². The number of hydrogen-bond donors (Lipinski definition) is 1. The third-order valence-corrected chi connectivity index (χ3v) is 9.26. The lowest BCUT2D eigenvalue weighted by Crippen LogP contribution is -2.43. The number of aryl methyl sites for hydroxylation is 2. The van der Waals surface area contributed by atoms with E-state index in [1.165, 1.54) is 11.3 Å². The monoisotopic (exact) mass is 617 g/mol. The van der Waals surface area contributed by atoms with Crippen LogP contribution in [0.1, 0.15) is 73.6 Å². The predicted molar refractivity (Wildman–Crippen MR) is 173 cm³/mol. The van der Waals surface area contributed by atoms with Crippen molar-refractivity contribution in [3.8, 4) is 27.5 Å². The molecule has 4 aromatic rings. The molecule has 7 nitrogen and oxygen atoms in total. The third kappa shape index (κ3) is 6.04. The third-order valence-electron chi connectivity index (χ3n) is 8.14. The summed E-state index contributed by atoms with van der Waals surface area (Å²) < 4.78 is 1.74. The molecule has 0 aliphatic carbocycles. The summed E-state index contributed by atoms with van der Waals surface area (Å²) in [6.45, 7) is 8.71. The summed E-state index contributed by atoms with van der Waals surface area (Å²) in [6, 6.07) is 15.1. The number of likely N-dealkylation sites (tertiary alicyclic amines) is 1. The van der Waals surface area contributed by atoms with Crippen LogP contribution in [0.4, 0.5) is 0 Å². The Hall–Kier alpha value is -3.75. The van der Waals surface area contributed by atoms with Gasteiger partial charge in [0.2, 0.25) is 0 Å². The van der Waals surface area contributed by atoms with Crippen LogP contribution < -0.4 is 5.56 Å². The van der Waals surface area contributed by atoms with Crippen LogP contribution in [0.25, 0.3) is 27.5 Å². The molecule has 1 saturated heterocycles. The first-order chi connectivity index (χ1) is 20.6. The average molecular weight is 618 g/mol. The summed E-state index contributed by atoms with van der Waals surface area (Å²) in [5.41, 5.74) is 5.59. The van der Waals surface area contributed by atoms with Crippen molar-refractivity contribution in [2.75, 3.05) is 13.1 Å². The van der Waals surface area contributed by atoms with E-state index in [2.05, 4.69) is 13.8 Å². The second kappa shape index (κ2) is 12.9. The topological polar surface area (TPSA) is 92.5 Å². The molecule has 3 heterocycles. The van der Waals surface area contributed by atoms with Crippen molar-refractivity contribution in [1.82, 2.24) is 14.5 Å². The number of pyridine rings is 1. The molecule has 2 aromatic carbocycles. The van der Waals surface area contributed by atoms with E-state index in [-0.39, 0.29) is 23.9 Å². The van der Waals surface area contributed by atoms with E-state index < -0.39 is 11.9 Å². The fraction of sp³-hybridized carbons (Fsp3) is 0.353. The maximum absolute atomic E-state index is 14.6. The van der Waals surface area contributed by atoms with E-state index in [0.717, 1.165) is 22.4 Å². The smallest absolute Gasteiger partial charge is 0.308 e. The molecular formula is C34H36ClN3O4S. The number of carboxylic acids is 1. The number of piperidine rings is 1. The average Bonchev–Trinajstić information content (AvgIpc) is 3.50. The SMILES string of the molecule is CCc1cccc(CC)c1-n1c(C(C)C)c(C(=O)N2CCCC(C(=O)O)C2)cc(-c2nc(-c3ccc(Cl)cc3)cs2)c1=O. The largest absolute Gasteiger partial charge is 0.481 e. The number of para-hydroxylation sites is 1. The Morgan fingerprint density at radius 1 is 1.09 bits per heavy atom. The number of nitrogens with zero attached hydrogens (tertiary/aromatic N) is 3. The van der Waals surface area contributed by atoms with Gasteiger partial charge in [0.15, 0.2) is 0 Å². The minimum Gasteiger partial charge on any atom is -0.481 e. The van der Waals surface area contributed by atoms with Crippen molar-refractivity contribution in [1.29, 1.82) is 0 Å². The van der Waals surface area contributed by atoms with Crippen LogP contribution in [0.2, 0.25) is 5.02 Å². The molecule has 9 heteroatoms.